The number of methoxy groups -OCH3 is 1. The van der Waals surface area contributed by atoms with Gasteiger partial charge in [-0.05, 0) is 94.3 Å². The van der Waals surface area contributed by atoms with Crippen LogP contribution in [0.1, 0.15) is 58.9 Å². The monoisotopic (exact) mass is 697 g/mol. The third kappa shape index (κ3) is 8.87. The first-order valence-corrected chi connectivity index (χ1v) is 17.4. The Morgan fingerprint density at radius 1 is 0.902 bits per heavy atom. The Labute approximate surface area is 298 Å². The molecule has 12 nitrogen and oxygen atoms in total. The number of piperazine rings is 1. The van der Waals surface area contributed by atoms with Crippen molar-refractivity contribution in [2.24, 2.45) is 0 Å². The summed E-state index contributed by atoms with van der Waals surface area (Å²) in [6.07, 6.45) is 4.06. The van der Waals surface area contributed by atoms with E-state index >= 15 is 0 Å². The molecule has 1 saturated heterocycles. The molecule has 3 amide bonds. The Morgan fingerprint density at radius 3 is 2.43 bits per heavy atom. The van der Waals surface area contributed by atoms with Crippen LogP contribution in [0.15, 0.2) is 66.9 Å². The summed E-state index contributed by atoms with van der Waals surface area (Å²) in [5, 5.41) is 3.47. The van der Waals surface area contributed by atoms with Crippen LogP contribution in [0.3, 0.4) is 0 Å². The van der Waals surface area contributed by atoms with Gasteiger partial charge in [0.2, 0.25) is 5.91 Å². The van der Waals surface area contributed by atoms with Crippen LogP contribution in [-0.2, 0) is 9.53 Å². The summed E-state index contributed by atoms with van der Waals surface area (Å²) >= 11 is 0. The third-order valence-electron chi connectivity index (χ3n) is 9.07. The lowest BCUT2D eigenvalue weighted by molar-refractivity contribution is -0.132. The fraction of sp³-hybridized carbons (Fsp3) is 0.385. The summed E-state index contributed by atoms with van der Waals surface area (Å²) in [5.41, 5.74) is 3.27. The summed E-state index contributed by atoms with van der Waals surface area (Å²) in [4.78, 5) is 57.8. The van der Waals surface area contributed by atoms with Crippen LogP contribution >= 0.6 is 0 Å². The lowest BCUT2D eigenvalue weighted by Gasteiger charge is -2.32. The van der Waals surface area contributed by atoms with Gasteiger partial charge in [-0.15, -0.1) is 0 Å². The minimum absolute atomic E-state index is 0.220. The smallest absolute Gasteiger partial charge is 0.418 e. The van der Waals surface area contributed by atoms with Crippen LogP contribution in [0.4, 0.5) is 16.2 Å². The highest BCUT2D eigenvalue weighted by molar-refractivity contribution is 6.14. The number of unbranched alkanes of at least 4 members (excludes halogenated alkanes) is 2. The number of hydrogen-bond acceptors (Lipinski definition) is 8. The minimum Gasteiger partial charge on any atom is -0.495 e. The van der Waals surface area contributed by atoms with Gasteiger partial charge in [0.05, 0.1) is 37.2 Å². The topological polar surface area (TPSA) is 123 Å². The van der Waals surface area contributed by atoms with E-state index in [1.165, 1.54) is 16.6 Å². The Hall–Kier alpha value is -5.36. The first-order valence-electron chi connectivity index (χ1n) is 17.4. The maximum atomic E-state index is 13.7. The number of rotatable bonds is 13. The molecule has 1 fully saturated rings. The first kappa shape index (κ1) is 36.9. The summed E-state index contributed by atoms with van der Waals surface area (Å²) in [7, 11) is 5.24. The summed E-state index contributed by atoms with van der Waals surface area (Å²) in [6, 6.07) is 17.4. The number of likely N-dealkylation sites (N-methyl/N-ethyl adjacent to an activating group) is 1. The van der Waals surface area contributed by atoms with E-state index in [0.717, 1.165) is 51.0 Å². The molecule has 0 atom stereocenters. The highest BCUT2D eigenvalue weighted by atomic mass is 16.5. The molecule has 0 spiro atoms. The van der Waals surface area contributed by atoms with Crippen LogP contribution < -0.4 is 19.7 Å². The predicted molar refractivity (Wildman–Crippen MR) is 197 cm³/mol. The van der Waals surface area contributed by atoms with Gasteiger partial charge >= 0.3 is 6.09 Å². The van der Waals surface area contributed by atoms with Crippen molar-refractivity contribution in [2.45, 2.75) is 39.5 Å². The third-order valence-corrected chi connectivity index (χ3v) is 9.07. The zero-order valence-corrected chi connectivity index (χ0v) is 30.1. The van der Waals surface area contributed by atoms with Crippen LogP contribution in [0, 0.1) is 6.92 Å². The van der Waals surface area contributed by atoms with Gasteiger partial charge in [-0.1, -0.05) is 12.1 Å². The first-order chi connectivity index (χ1) is 24.6. The Morgan fingerprint density at radius 2 is 1.69 bits per heavy atom. The second kappa shape index (κ2) is 17.0. The molecule has 1 aliphatic heterocycles. The molecular formula is C39H47N5O7. The standard InChI is InChI=1S/C39H47N5O7/c1-6-50-39(48)44-19-18-29-30(11-10-12-32(29)44)37(46)40-31-16-15-28(26-34(31)49-5)38(47)42(4)33-17-14-27(2)25-35(33)51-24-9-7-8-13-36(45)43-22-20-41(3)21-23-43/h10-12,14-19,25-26H,6-9,13,20-24H2,1-5H3,(H,40,46). The maximum Gasteiger partial charge on any atom is 0.418 e. The molecular weight excluding hydrogens is 650 g/mol. The van der Waals surface area contributed by atoms with E-state index in [4.69, 9.17) is 14.2 Å². The van der Waals surface area contributed by atoms with Crippen LogP contribution in [-0.4, -0.2) is 98.8 Å². The number of amides is 3. The lowest BCUT2D eigenvalue weighted by Crippen LogP contribution is -2.47. The molecule has 1 aliphatic rings. The molecule has 0 aliphatic carbocycles. The number of aromatic nitrogens is 1. The van der Waals surface area contributed by atoms with Gasteiger partial charge in [0.15, 0.2) is 0 Å². The van der Waals surface area contributed by atoms with Crippen molar-refractivity contribution in [3.63, 3.8) is 0 Å². The number of carbonyl (C=O) groups excluding carboxylic acids is 4. The number of fused-ring (bicyclic) bond motifs is 1. The van der Waals surface area contributed by atoms with Crippen molar-refractivity contribution in [3.05, 3.63) is 83.6 Å². The van der Waals surface area contributed by atoms with E-state index in [2.05, 4.69) is 17.3 Å². The molecule has 0 radical (unpaired) electrons. The van der Waals surface area contributed by atoms with E-state index in [1.807, 2.05) is 30.0 Å². The second-order valence-corrected chi connectivity index (χ2v) is 12.7. The van der Waals surface area contributed by atoms with Crippen molar-refractivity contribution < 1.29 is 33.4 Å². The molecule has 3 aromatic carbocycles. The average Bonchev–Trinajstić information content (AvgIpc) is 3.57. The van der Waals surface area contributed by atoms with Crippen molar-refractivity contribution in [3.8, 4) is 11.5 Å². The van der Waals surface area contributed by atoms with E-state index in [-0.39, 0.29) is 18.4 Å². The Kier molecular flexibility index (Phi) is 12.3. The molecule has 51 heavy (non-hydrogen) atoms. The van der Waals surface area contributed by atoms with E-state index in [0.29, 0.717) is 57.9 Å². The number of benzene rings is 3. The fourth-order valence-electron chi connectivity index (χ4n) is 6.10. The van der Waals surface area contributed by atoms with Gasteiger partial charge < -0.3 is 34.2 Å². The van der Waals surface area contributed by atoms with E-state index < -0.39 is 12.0 Å². The number of nitrogens with one attached hydrogen (secondary N) is 1. The van der Waals surface area contributed by atoms with Gasteiger partial charge in [0, 0.05) is 62.4 Å². The number of aryl methyl sites for hydroxylation is 1. The molecule has 0 saturated carbocycles. The molecule has 2 heterocycles. The molecule has 5 rings (SSSR count). The van der Waals surface area contributed by atoms with Gasteiger partial charge in [0.1, 0.15) is 11.5 Å². The molecule has 1 aromatic heterocycles. The van der Waals surface area contributed by atoms with Crippen LogP contribution in [0.5, 0.6) is 11.5 Å². The van der Waals surface area contributed by atoms with E-state index in [1.54, 1.807) is 62.6 Å². The SMILES string of the molecule is CCOC(=O)n1ccc2c(C(=O)Nc3ccc(C(=O)N(C)c4ccc(C)cc4OCCCCCC(=O)N4CCN(C)CC4)cc3OC)cccc21. The summed E-state index contributed by atoms with van der Waals surface area (Å²) in [6.45, 7) is 7.82. The highest BCUT2D eigenvalue weighted by Crippen LogP contribution is 2.32. The van der Waals surface area contributed by atoms with Crippen molar-refractivity contribution in [2.75, 3.05) is 70.8 Å². The molecule has 0 bridgehead atoms. The minimum atomic E-state index is -0.525. The normalized spacial score (nSPS) is 13.2. The zero-order valence-electron chi connectivity index (χ0n) is 30.1. The molecule has 12 heteroatoms. The number of ether oxygens (including phenoxy) is 3. The number of nitrogens with zero attached hydrogens (tertiary/aromatic N) is 4. The highest BCUT2D eigenvalue weighted by Gasteiger charge is 2.22. The fourth-order valence-corrected chi connectivity index (χ4v) is 6.10. The summed E-state index contributed by atoms with van der Waals surface area (Å²) in [5.74, 6) is 0.441. The van der Waals surface area contributed by atoms with Crippen molar-refractivity contribution in [1.82, 2.24) is 14.4 Å². The van der Waals surface area contributed by atoms with Gasteiger partial charge in [-0.25, -0.2) is 4.79 Å². The second-order valence-electron chi connectivity index (χ2n) is 12.7. The van der Waals surface area contributed by atoms with Gasteiger partial charge in [0.25, 0.3) is 11.8 Å². The number of anilines is 2. The average molecular weight is 698 g/mol. The predicted octanol–water partition coefficient (Wildman–Crippen LogP) is 6.21. The van der Waals surface area contributed by atoms with Gasteiger partial charge in [-0.3, -0.25) is 19.0 Å². The lowest BCUT2D eigenvalue weighted by atomic mass is 10.1. The molecule has 0 unspecified atom stereocenters. The van der Waals surface area contributed by atoms with Crippen molar-refractivity contribution >= 4 is 46.1 Å². The molecule has 4 aromatic rings. The zero-order chi connectivity index (χ0) is 36.5. The largest absolute Gasteiger partial charge is 0.495 e. The van der Waals surface area contributed by atoms with Crippen LogP contribution in [0.25, 0.3) is 10.9 Å². The molecule has 270 valence electrons. The van der Waals surface area contributed by atoms with Crippen molar-refractivity contribution in [1.29, 1.82) is 0 Å². The number of hydrogen-bond donors (Lipinski definition) is 1. The van der Waals surface area contributed by atoms with E-state index in [9.17, 15) is 19.2 Å². The Balaban J connectivity index is 1.20. The quantitative estimate of drug-likeness (QED) is 0.164. The Bertz CT molecular complexity index is 1880. The van der Waals surface area contributed by atoms with Crippen LogP contribution in [0.2, 0.25) is 0 Å². The molecule has 1 N–H and O–H groups in total. The van der Waals surface area contributed by atoms with Gasteiger partial charge in [-0.2, -0.15) is 0 Å². The number of carbonyl (C=O) groups is 4. The summed E-state index contributed by atoms with van der Waals surface area (Å²) < 4.78 is 18.2. The maximum absolute atomic E-state index is 13.7.